The van der Waals surface area contributed by atoms with Crippen molar-refractivity contribution in [2.24, 2.45) is 0 Å². The summed E-state index contributed by atoms with van der Waals surface area (Å²) in [6, 6.07) is 14.7. The SMILES string of the molecule is CCc1ccccc1OCC(=O)Nc1ccc(CNC(=O)CNC(=O)OC(C)(C)C)cc1. The Labute approximate surface area is 188 Å². The molecule has 0 aromatic heterocycles. The van der Waals surface area contributed by atoms with Crippen molar-refractivity contribution in [2.45, 2.75) is 46.3 Å². The molecule has 3 N–H and O–H groups in total. The van der Waals surface area contributed by atoms with Gasteiger partial charge in [-0.3, -0.25) is 9.59 Å². The van der Waals surface area contributed by atoms with E-state index in [0.717, 1.165) is 17.5 Å². The normalized spacial score (nSPS) is 10.8. The summed E-state index contributed by atoms with van der Waals surface area (Å²) in [5, 5.41) is 7.89. The molecule has 0 radical (unpaired) electrons. The summed E-state index contributed by atoms with van der Waals surface area (Å²) in [4.78, 5) is 35.6. The number of anilines is 1. The molecule has 172 valence electrons. The summed E-state index contributed by atoms with van der Waals surface area (Å²) in [7, 11) is 0. The van der Waals surface area contributed by atoms with Crippen LogP contribution in [0.25, 0.3) is 0 Å². The van der Waals surface area contributed by atoms with Crippen LogP contribution in [-0.4, -0.2) is 36.7 Å². The molecule has 8 heteroatoms. The standard InChI is InChI=1S/C24H31N3O5/c1-5-18-8-6-7-9-20(18)31-16-22(29)27-19-12-10-17(11-13-19)14-25-21(28)15-26-23(30)32-24(2,3)4/h6-13H,5,14-16H2,1-4H3,(H,25,28)(H,26,30)(H,27,29). The molecule has 2 aromatic rings. The maximum absolute atomic E-state index is 12.2. The van der Waals surface area contributed by atoms with Gasteiger partial charge in [0.1, 0.15) is 17.9 Å². The number of carbonyl (C=O) groups excluding carboxylic acids is 3. The highest BCUT2D eigenvalue weighted by Gasteiger charge is 2.16. The predicted molar refractivity (Wildman–Crippen MR) is 122 cm³/mol. The van der Waals surface area contributed by atoms with Gasteiger partial charge < -0.3 is 25.4 Å². The van der Waals surface area contributed by atoms with Gasteiger partial charge in [0.2, 0.25) is 5.91 Å². The second kappa shape index (κ2) is 11.7. The molecule has 2 rings (SSSR count). The number of hydrogen-bond acceptors (Lipinski definition) is 5. The zero-order valence-corrected chi connectivity index (χ0v) is 19.0. The van der Waals surface area contributed by atoms with Crippen LogP contribution in [-0.2, 0) is 27.3 Å². The Bertz CT molecular complexity index is 920. The largest absolute Gasteiger partial charge is 0.483 e. The molecule has 0 aliphatic rings. The van der Waals surface area contributed by atoms with E-state index in [9.17, 15) is 14.4 Å². The first-order valence-electron chi connectivity index (χ1n) is 10.5. The first-order chi connectivity index (χ1) is 15.2. The minimum absolute atomic E-state index is 0.0839. The van der Waals surface area contributed by atoms with Crippen molar-refractivity contribution in [2.75, 3.05) is 18.5 Å². The van der Waals surface area contributed by atoms with Gasteiger partial charge in [-0.05, 0) is 56.5 Å². The number of amides is 3. The minimum Gasteiger partial charge on any atom is -0.483 e. The van der Waals surface area contributed by atoms with Crippen molar-refractivity contribution in [3.63, 3.8) is 0 Å². The molecule has 8 nitrogen and oxygen atoms in total. The lowest BCUT2D eigenvalue weighted by molar-refractivity contribution is -0.120. The van der Waals surface area contributed by atoms with Gasteiger partial charge in [-0.1, -0.05) is 37.3 Å². The van der Waals surface area contributed by atoms with Gasteiger partial charge in [0.15, 0.2) is 6.61 Å². The summed E-state index contributed by atoms with van der Waals surface area (Å²) in [6.45, 7) is 7.30. The van der Waals surface area contributed by atoms with E-state index < -0.39 is 11.7 Å². The third-order valence-electron chi connectivity index (χ3n) is 4.23. The summed E-state index contributed by atoms with van der Waals surface area (Å²) in [5.41, 5.74) is 1.91. The molecule has 3 amide bonds. The zero-order valence-electron chi connectivity index (χ0n) is 19.0. The molecular formula is C24H31N3O5. The monoisotopic (exact) mass is 441 g/mol. The lowest BCUT2D eigenvalue weighted by atomic mass is 10.1. The minimum atomic E-state index is -0.644. The van der Waals surface area contributed by atoms with Crippen LogP contribution in [0.5, 0.6) is 5.75 Å². The summed E-state index contributed by atoms with van der Waals surface area (Å²) >= 11 is 0. The number of nitrogens with one attached hydrogen (secondary N) is 3. The van der Waals surface area contributed by atoms with Crippen LogP contribution in [0, 0.1) is 0 Å². The molecule has 0 aliphatic heterocycles. The van der Waals surface area contributed by atoms with Crippen LogP contribution >= 0.6 is 0 Å². The lowest BCUT2D eigenvalue weighted by Crippen LogP contribution is -2.39. The van der Waals surface area contributed by atoms with Crippen molar-refractivity contribution < 1.29 is 23.9 Å². The molecule has 0 atom stereocenters. The van der Waals surface area contributed by atoms with E-state index in [0.29, 0.717) is 18.0 Å². The highest BCUT2D eigenvalue weighted by Crippen LogP contribution is 2.18. The second-order valence-electron chi connectivity index (χ2n) is 8.13. The van der Waals surface area contributed by atoms with E-state index in [1.54, 1.807) is 45.0 Å². The molecule has 0 saturated carbocycles. The quantitative estimate of drug-likeness (QED) is 0.553. The van der Waals surface area contributed by atoms with Crippen LogP contribution in [0.15, 0.2) is 48.5 Å². The van der Waals surface area contributed by atoms with Gasteiger partial charge in [0.25, 0.3) is 5.91 Å². The van der Waals surface area contributed by atoms with E-state index in [2.05, 4.69) is 16.0 Å². The number of hydrogen-bond donors (Lipinski definition) is 3. The van der Waals surface area contributed by atoms with Crippen molar-refractivity contribution >= 4 is 23.6 Å². The highest BCUT2D eigenvalue weighted by molar-refractivity contribution is 5.91. The van der Waals surface area contributed by atoms with Crippen molar-refractivity contribution in [3.8, 4) is 5.75 Å². The third kappa shape index (κ3) is 9.07. The summed E-state index contributed by atoms with van der Waals surface area (Å²) in [5.74, 6) is 0.111. The molecule has 2 aromatic carbocycles. The summed E-state index contributed by atoms with van der Waals surface area (Å²) < 4.78 is 10.7. The van der Waals surface area contributed by atoms with Gasteiger partial charge >= 0.3 is 6.09 Å². The summed E-state index contributed by atoms with van der Waals surface area (Å²) in [6.07, 6.45) is 0.183. The van der Waals surface area contributed by atoms with Crippen LogP contribution in [0.4, 0.5) is 10.5 Å². The molecule has 0 spiro atoms. The Morgan fingerprint density at radius 3 is 2.25 bits per heavy atom. The number of alkyl carbamates (subject to hydrolysis) is 1. The topological polar surface area (TPSA) is 106 Å². The van der Waals surface area contributed by atoms with Crippen molar-refractivity contribution in [1.29, 1.82) is 0 Å². The molecule has 0 saturated heterocycles. The Kier molecular flexibility index (Phi) is 9.07. The van der Waals surface area contributed by atoms with Crippen molar-refractivity contribution in [3.05, 3.63) is 59.7 Å². The van der Waals surface area contributed by atoms with Crippen LogP contribution in [0.1, 0.15) is 38.8 Å². The molecule has 32 heavy (non-hydrogen) atoms. The maximum atomic E-state index is 12.2. The van der Waals surface area contributed by atoms with E-state index >= 15 is 0 Å². The lowest BCUT2D eigenvalue weighted by Gasteiger charge is -2.19. The molecule has 0 bridgehead atoms. The molecule has 0 heterocycles. The number of carbonyl (C=O) groups is 3. The number of benzene rings is 2. The van der Waals surface area contributed by atoms with Gasteiger partial charge in [0.05, 0.1) is 0 Å². The number of para-hydroxylation sites is 1. The molecule has 0 fully saturated rings. The Morgan fingerprint density at radius 2 is 1.59 bits per heavy atom. The maximum Gasteiger partial charge on any atom is 0.408 e. The molecule has 0 unspecified atom stereocenters. The molecule has 0 aliphatic carbocycles. The van der Waals surface area contributed by atoms with Gasteiger partial charge in [0, 0.05) is 12.2 Å². The average Bonchev–Trinajstić information content (AvgIpc) is 2.75. The third-order valence-corrected chi connectivity index (χ3v) is 4.23. The number of rotatable bonds is 9. The van der Waals surface area contributed by atoms with E-state index in [1.165, 1.54) is 0 Å². The Balaban J connectivity index is 1.72. The van der Waals surface area contributed by atoms with Gasteiger partial charge in [-0.25, -0.2) is 4.79 Å². The fraction of sp³-hybridized carbons (Fsp3) is 0.375. The van der Waals surface area contributed by atoms with Gasteiger partial charge in [-0.15, -0.1) is 0 Å². The fourth-order valence-corrected chi connectivity index (χ4v) is 2.71. The Hall–Kier alpha value is -3.55. The first kappa shape index (κ1) is 24.7. The van der Waals surface area contributed by atoms with E-state index in [4.69, 9.17) is 9.47 Å². The van der Waals surface area contributed by atoms with Crippen LogP contribution in [0.3, 0.4) is 0 Å². The van der Waals surface area contributed by atoms with E-state index in [-0.39, 0.29) is 25.0 Å². The van der Waals surface area contributed by atoms with E-state index in [1.807, 2.05) is 31.2 Å². The second-order valence-corrected chi connectivity index (χ2v) is 8.13. The zero-order chi connectivity index (χ0) is 23.6. The Morgan fingerprint density at radius 1 is 0.906 bits per heavy atom. The molecular weight excluding hydrogens is 410 g/mol. The smallest absolute Gasteiger partial charge is 0.408 e. The highest BCUT2D eigenvalue weighted by atomic mass is 16.6. The van der Waals surface area contributed by atoms with Crippen LogP contribution in [0.2, 0.25) is 0 Å². The number of ether oxygens (including phenoxy) is 2. The first-order valence-corrected chi connectivity index (χ1v) is 10.5. The average molecular weight is 442 g/mol. The van der Waals surface area contributed by atoms with Crippen molar-refractivity contribution in [1.82, 2.24) is 10.6 Å². The van der Waals surface area contributed by atoms with Crippen LogP contribution < -0.4 is 20.7 Å². The predicted octanol–water partition coefficient (Wildman–Crippen LogP) is 3.41. The fourth-order valence-electron chi connectivity index (χ4n) is 2.71. The van der Waals surface area contributed by atoms with Gasteiger partial charge in [-0.2, -0.15) is 0 Å². The number of aryl methyl sites for hydroxylation is 1.